The number of ether oxygens (including phenoxy) is 4. The third-order valence-corrected chi connectivity index (χ3v) is 6.83. The number of nitrogens with zero attached hydrogens (tertiary/aromatic N) is 1. The predicted octanol–water partition coefficient (Wildman–Crippen LogP) is 5.31. The molecule has 0 unspecified atom stereocenters. The number of amides is 3. The summed E-state index contributed by atoms with van der Waals surface area (Å²) in [7, 11) is 0. The van der Waals surface area contributed by atoms with Crippen molar-refractivity contribution in [3.63, 3.8) is 0 Å². The van der Waals surface area contributed by atoms with Crippen molar-refractivity contribution in [3.8, 4) is 11.5 Å². The van der Waals surface area contributed by atoms with Crippen molar-refractivity contribution in [1.82, 2.24) is 4.90 Å². The van der Waals surface area contributed by atoms with E-state index < -0.39 is 35.5 Å². The van der Waals surface area contributed by atoms with E-state index in [-0.39, 0.29) is 41.0 Å². The first-order valence-corrected chi connectivity index (χ1v) is 14.4. The number of benzene rings is 2. The van der Waals surface area contributed by atoms with Crippen molar-refractivity contribution in [3.05, 3.63) is 57.5 Å². The highest BCUT2D eigenvalue weighted by molar-refractivity contribution is 8.18. The molecule has 1 aliphatic heterocycles. The molecule has 13 heteroatoms. The van der Waals surface area contributed by atoms with Gasteiger partial charge in [0.1, 0.15) is 6.54 Å². The Morgan fingerprint density at radius 1 is 0.976 bits per heavy atom. The fourth-order valence-electron chi connectivity index (χ4n) is 3.62. The molecule has 42 heavy (non-hydrogen) atoms. The topological polar surface area (TPSA) is 138 Å². The summed E-state index contributed by atoms with van der Waals surface area (Å²) in [5, 5.41) is 2.13. The van der Waals surface area contributed by atoms with Crippen molar-refractivity contribution < 1.29 is 42.9 Å². The summed E-state index contributed by atoms with van der Waals surface area (Å²) < 4.78 is 21.1. The minimum Gasteiger partial charge on any atom is -0.490 e. The zero-order valence-corrected chi connectivity index (χ0v) is 25.0. The van der Waals surface area contributed by atoms with Crippen molar-refractivity contribution in [2.24, 2.45) is 0 Å². The molecule has 11 nitrogen and oxygen atoms in total. The number of hydrogen-bond acceptors (Lipinski definition) is 10. The number of anilines is 1. The lowest BCUT2D eigenvalue weighted by molar-refractivity contribution is -0.145. The van der Waals surface area contributed by atoms with Crippen molar-refractivity contribution in [2.45, 2.75) is 33.6 Å². The van der Waals surface area contributed by atoms with E-state index in [2.05, 4.69) is 5.32 Å². The van der Waals surface area contributed by atoms with Gasteiger partial charge in [-0.1, -0.05) is 31.0 Å². The number of unbranched alkanes of at least 4 members (excludes halogenated alkanes) is 1. The van der Waals surface area contributed by atoms with Crippen LogP contribution in [-0.4, -0.2) is 66.9 Å². The number of carbonyl (C=O) groups is 5. The fourth-order valence-corrected chi connectivity index (χ4v) is 4.65. The Morgan fingerprint density at radius 3 is 2.48 bits per heavy atom. The zero-order chi connectivity index (χ0) is 30.6. The van der Waals surface area contributed by atoms with Crippen LogP contribution in [0.2, 0.25) is 5.02 Å². The summed E-state index contributed by atoms with van der Waals surface area (Å²) >= 11 is 6.81. The standard InChI is InChI=1S/C29H31ClN2O9S/c1-4-7-12-40-28(36)20-15-19(9-10-21(20)30)31-25(33)16-32-27(35)24(42-29(32)37)14-18-8-11-22(23(13-18)38-5-2)41-17-26(34)39-6-3/h8-11,13-15H,4-7,12,16-17H2,1-3H3,(H,31,33)/b24-14-. The van der Waals surface area contributed by atoms with Crippen LogP contribution in [-0.2, 0) is 23.9 Å². The molecule has 1 saturated heterocycles. The molecule has 1 N–H and O–H groups in total. The first kappa shape index (κ1) is 32.5. The largest absolute Gasteiger partial charge is 0.490 e. The van der Waals surface area contributed by atoms with Gasteiger partial charge in [0.2, 0.25) is 5.91 Å². The molecule has 1 fully saturated rings. The maximum atomic E-state index is 13.0. The van der Waals surface area contributed by atoms with E-state index in [0.717, 1.165) is 11.3 Å². The second-order valence-electron chi connectivity index (χ2n) is 8.73. The Morgan fingerprint density at radius 2 is 1.76 bits per heavy atom. The lowest BCUT2D eigenvalue weighted by Gasteiger charge is -2.13. The second-order valence-corrected chi connectivity index (χ2v) is 10.1. The SMILES string of the molecule is CCCCOC(=O)c1cc(NC(=O)CN2C(=O)S/C(=C\c3ccc(OCC(=O)OCC)c(OCC)c3)C2=O)ccc1Cl. The molecular formula is C29H31ClN2O9S. The van der Waals surface area contributed by atoms with Gasteiger partial charge in [0.15, 0.2) is 18.1 Å². The monoisotopic (exact) mass is 618 g/mol. The summed E-state index contributed by atoms with van der Waals surface area (Å²) in [6.07, 6.45) is 3.06. The Bertz CT molecular complexity index is 1380. The average Bonchev–Trinajstić information content (AvgIpc) is 3.21. The van der Waals surface area contributed by atoms with E-state index in [1.807, 2.05) is 6.92 Å². The van der Waals surface area contributed by atoms with Gasteiger partial charge in [-0.2, -0.15) is 0 Å². The molecule has 0 bridgehead atoms. The predicted molar refractivity (Wildman–Crippen MR) is 158 cm³/mol. The summed E-state index contributed by atoms with van der Waals surface area (Å²) in [6.45, 7) is 5.40. The zero-order valence-electron chi connectivity index (χ0n) is 23.4. The molecule has 0 spiro atoms. The molecule has 3 rings (SSSR count). The number of carbonyl (C=O) groups excluding carboxylic acids is 5. The molecule has 0 radical (unpaired) electrons. The van der Waals surface area contributed by atoms with Crippen LogP contribution < -0.4 is 14.8 Å². The lowest BCUT2D eigenvalue weighted by Crippen LogP contribution is -2.36. The molecule has 0 aromatic heterocycles. The van der Waals surface area contributed by atoms with Gasteiger partial charge in [0.25, 0.3) is 11.1 Å². The first-order valence-electron chi connectivity index (χ1n) is 13.2. The van der Waals surface area contributed by atoms with Crippen LogP contribution in [0.1, 0.15) is 49.5 Å². The van der Waals surface area contributed by atoms with Gasteiger partial charge in [-0.15, -0.1) is 0 Å². The summed E-state index contributed by atoms with van der Waals surface area (Å²) in [5.41, 5.74) is 0.878. The molecule has 0 aliphatic carbocycles. The average molecular weight is 619 g/mol. The number of imide groups is 1. The lowest BCUT2D eigenvalue weighted by atomic mass is 10.2. The normalized spacial score (nSPS) is 13.7. The Balaban J connectivity index is 1.67. The number of hydrogen-bond donors (Lipinski definition) is 1. The van der Waals surface area contributed by atoms with Crippen molar-refractivity contribution >= 4 is 64.1 Å². The number of esters is 2. The van der Waals surface area contributed by atoms with Gasteiger partial charge in [-0.25, -0.2) is 9.59 Å². The summed E-state index contributed by atoms with van der Waals surface area (Å²) in [5.74, 6) is -1.78. The highest BCUT2D eigenvalue weighted by atomic mass is 35.5. The molecule has 0 saturated carbocycles. The third-order valence-electron chi connectivity index (χ3n) is 5.59. The summed E-state index contributed by atoms with van der Waals surface area (Å²) in [6, 6.07) is 9.13. The quantitative estimate of drug-likeness (QED) is 0.168. The van der Waals surface area contributed by atoms with Gasteiger partial charge in [-0.3, -0.25) is 19.3 Å². The minimum absolute atomic E-state index is 0.0865. The number of thioether (sulfide) groups is 1. The van der Waals surface area contributed by atoms with E-state index in [1.165, 1.54) is 24.3 Å². The maximum absolute atomic E-state index is 13.0. The molecule has 3 amide bonds. The maximum Gasteiger partial charge on any atom is 0.344 e. The number of halogens is 1. The van der Waals surface area contributed by atoms with Crippen molar-refractivity contribution in [1.29, 1.82) is 0 Å². The van der Waals surface area contributed by atoms with Gasteiger partial charge in [-0.05, 0) is 74.0 Å². The van der Waals surface area contributed by atoms with Crippen LogP contribution in [0.25, 0.3) is 6.08 Å². The van der Waals surface area contributed by atoms with E-state index in [0.29, 0.717) is 41.9 Å². The molecule has 2 aromatic rings. The van der Waals surface area contributed by atoms with Gasteiger partial charge >= 0.3 is 11.9 Å². The van der Waals surface area contributed by atoms with Gasteiger partial charge in [0, 0.05) is 5.69 Å². The number of rotatable bonds is 14. The van der Waals surface area contributed by atoms with Gasteiger partial charge < -0.3 is 24.3 Å². The molecule has 2 aromatic carbocycles. The van der Waals surface area contributed by atoms with Crippen LogP contribution in [0, 0.1) is 0 Å². The molecule has 224 valence electrons. The van der Waals surface area contributed by atoms with E-state index >= 15 is 0 Å². The van der Waals surface area contributed by atoms with Crippen LogP contribution in [0.15, 0.2) is 41.3 Å². The van der Waals surface area contributed by atoms with Gasteiger partial charge in [0.05, 0.1) is 35.3 Å². The molecule has 1 heterocycles. The second kappa shape index (κ2) is 15.8. The molecule has 1 aliphatic rings. The highest BCUT2D eigenvalue weighted by Crippen LogP contribution is 2.35. The smallest absolute Gasteiger partial charge is 0.344 e. The Kier molecular flexibility index (Phi) is 12.2. The fraction of sp³-hybridized carbons (Fsp3) is 0.345. The first-order chi connectivity index (χ1) is 20.2. The van der Waals surface area contributed by atoms with Crippen LogP contribution in [0.3, 0.4) is 0 Å². The Hall–Kier alpha value is -4.03. The van der Waals surface area contributed by atoms with E-state index in [9.17, 15) is 24.0 Å². The third kappa shape index (κ3) is 8.98. The van der Waals surface area contributed by atoms with E-state index in [1.54, 1.807) is 32.0 Å². The minimum atomic E-state index is -0.645. The highest BCUT2D eigenvalue weighted by Gasteiger charge is 2.36. The number of nitrogens with one attached hydrogen (secondary N) is 1. The van der Waals surface area contributed by atoms with Crippen LogP contribution in [0.4, 0.5) is 10.5 Å². The Labute approximate surface area is 252 Å². The van der Waals surface area contributed by atoms with Crippen LogP contribution >= 0.6 is 23.4 Å². The molecule has 0 atom stereocenters. The molecular weight excluding hydrogens is 588 g/mol. The van der Waals surface area contributed by atoms with Crippen molar-refractivity contribution in [2.75, 3.05) is 38.3 Å². The summed E-state index contributed by atoms with van der Waals surface area (Å²) in [4.78, 5) is 63.2. The van der Waals surface area contributed by atoms with E-state index in [4.69, 9.17) is 30.5 Å². The van der Waals surface area contributed by atoms with Crippen LogP contribution in [0.5, 0.6) is 11.5 Å².